The maximum Gasteiger partial charge on any atom is 0.208 e. The fourth-order valence-electron chi connectivity index (χ4n) is 16.3. The minimum Gasteiger partial charge on any atom is -0.506 e. The van der Waals surface area contributed by atoms with Crippen LogP contribution < -0.4 is 0 Å². The zero-order valence-corrected chi connectivity index (χ0v) is 65.1. The molecule has 704 valence electrons. The highest BCUT2D eigenvalue weighted by atomic mass is 16.4. The first-order valence-corrected chi connectivity index (χ1v) is 36.2. The summed E-state index contributed by atoms with van der Waals surface area (Å²) in [6.07, 6.45) is 0. The zero-order chi connectivity index (χ0) is 101. The standard InChI is InChI=1S/C44H28O29.C38H24O25/c45-15-7(16(46)10(12-25(55)35(65)39(69)36(66)26(12)56)17(47)9(15)11-23(53)33(63)38(68)34(64)24(11)54)1-3-5(21(51)31(61)29(59)19(3)49)2(6-4(1)20(50)30(60)32(62)22(6)52)8-18(48)13-14-28(58)37(67)40(70)42(72)44(14)73-43(13)41(71)27(8)57;39-13-7(24(50)35(61)37-11(13)12-25(51)32(58)34(60)36(62)38(12)63-37)1-3-5(16(42)28(54)26(52)14(3)40)2(6-4(1)15(41)27(53)29(55)17(6)43)8-18(44)20(46)9(21(47)19(8)45)10-22(48)30(56)33(59)31(57)23(10)49/h45-72H;39-62H. The van der Waals surface area contributed by atoms with Gasteiger partial charge in [0.1, 0.15) is 28.7 Å². The lowest BCUT2D eigenvalue weighted by atomic mass is 9.80. The molecule has 17 rings (SSSR count). The van der Waals surface area contributed by atoms with E-state index in [-0.39, 0.29) is 0 Å². The van der Waals surface area contributed by atoms with Crippen LogP contribution >= 0.6 is 0 Å². The molecule has 0 aliphatic carbocycles. The Balaban J connectivity index is 0.000000199. The maximum absolute atomic E-state index is 12.4. The molecular formula is C82H52O54. The third-order valence-corrected chi connectivity index (χ3v) is 22.6. The number of benzene rings is 15. The molecule has 136 heavy (non-hydrogen) atoms. The van der Waals surface area contributed by atoms with E-state index in [4.69, 9.17) is 8.83 Å². The van der Waals surface area contributed by atoms with Crippen molar-refractivity contribution >= 4 is 87.0 Å². The van der Waals surface area contributed by atoms with Crippen molar-refractivity contribution in [3.05, 3.63) is 0 Å². The summed E-state index contributed by atoms with van der Waals surface area (Å²) in [5, 5.41) is 560. The van der Waals surface area contributed by atoms with Crippen LogP contribution in [0, 0.1) is 0 Å². The Kier molecular flexibility index (Phi) is 18.1. The molecule has 0 aliphatic rings. The van der Waals surface area contributed by atoms with Crippen LogP contribution in [0.4, 0.5) is 0 Å². The van der Waals surface area contributed by atoms with Crippen molar-refractivity contribution in [3.8, 4) is 377 Å². The molecule has 0 radical (unpaired) electrons. The molecule has 2 heterocycles. The smallest absolute Gasteiger partial charge is 0.208 e. The van der Waals surface area contributed by atoms with E-state index in [9.17, 15) is 266 Å². The Morgan fingerprint density at radius 1 is 0.0662 bits per heavy atom. The number of phenolic OH excluding ortho intramolecular Hbond substituents is 52. The van der Waals surface area contributed by atoms with Gasteiger partial charge in [-0.25, -0.2) is 0 Å². The number of phenols is 52. The number of furan rings is 2. The van der Waals surface area contributed by atoms with Crippen LogP contribution in [-0.2, 0) is 0 Å². The topological polar surface area (TPSA) is 1080 Å². The predicted molar refractivity (Wildman–Crippen MR) is 442 cm³/mol. The van der Waals surface area contributed by atoms with E-state index in [0.29, 0.717) is 0 Å². The Bertz CT molecular complexity index is 8210. The summed E-state index contributed by atoms with van der Waals surface area (Å²) in [6, 6.07) is 0. The lowest BCUT2D eigenvalue weighted by molar-refractivity contribution is 0.329. The van der Waals surface area contributed by atoms with Crippen molar-refractivity contribution in [1.29, 1.82) is 0 Å². The lowest BCUT2D eigenvalue weighted by Gasteiger charge is -2.26. The second kappa shape index (κ2) is 28.0. The highest BCUT2D eigenvalue weighted by Crippen LogP contribution is 2.75. The second-order valence-corrected chi connectivity index (χ2v) is 29.4. The molecule has 0 saturated carbocycles. The van der Waals surface area contributed by atoms with Gasteiger partial charge in [-0.1, -0.05) is 0 Å². The quantitative estimate of drug-likeness (QED) is 0.0406. The van der Waals surface area contributed by atoms with Crippen molar-refractivity contribution in [2.24, 2.45) is 0 Å². The molecule has 0 saturated heterocycles. The van der Waals surface area contributed by atoms with E-state index in [1.165, 1.54) is 0 Å². The summed E-state index contributed by atoms with van der Waals surface area (Å²) < 4.78 is 10.5. The van der Waals surface area contributed by atoms with Crippen LogP contribution in [0.3, 0.4) is 0 Å². The van der Waals surface area contributed by atoms with Gasteiger partial charge in [-0.2, -0.15) is 0 Å². The van der Waals surface area contributed by atoms with Crippen molar-refractivity contribution < 1.29 is 274 Å². The van der Waals surface area contributed by atoms with Crippen LogP contribution in [0.15, 0.2) is 8.83 Å². The van der Waals surface area contributed by atoms with Crippen molar-refractivity contribution in [2.75, 3.05) is 0 Å². The van der Waals surface area contributed by atoms with Gasteiger partial charge >= 0.3 is 0 Å². The van der Waals surface area contributed by atoms with Gasteiger partial charge in [0.2, 0.25) is 144 Å². The largest absolute Gasteiger partial charge is 0.506 e. The second-order valence-electron chi connectivity index (χ2n) is 29.4. The van der Waals surface area contributed by atoms with Gasteiger partial charge in [0.15, 0.2) is 149 Å². The van der Waals surface area contributed by atoms with Crippen LogP contribution in [0.1, 0.15) is 0 Å². The third-order valence-electron chi connectivity index (χ3n) is 22.6. The van der Waals surface area contributed by atoms with Crippen LogP contribution in [0.5, 0.6) is 299 Å². The van der Waals surface area contributed by atoms with Gasteiger partial charge in [0, 0.05) is 65.3 Å². The zero-order valence-electron chi connectivity index (χ0n) is 65.1. The molecule has 15 aromatic carbocycles. The fraction of sp³-hybridized carbons (Fsp3) is 0. The van der Waals surface area contributed by atoms with Crippen molar-refractivity contribution in [2.45, 2.75) is 0 Å². The van der Waals surface area contributed by atoms with Gasteiger partial charge in [0.25, 0.3) is 0 Å². The molecule has 0 aliphatic heterocycles. The minimum atomic E-state index is -2.00. The van der Waals surface area contributed by atoms with Gasteiger partial charge in [-0.05, 0) is 0 Å². The van der Waals surface area contributed by atoms with Gasteiger partial charge in [0.05, 0.1) is 77.2 Å². The Labute approximate surface area is 735 Å². The summed E-state index contributed by atoms with van der Waals surface area (Å²) in [5.41, 5.74) is -26.0. The normalized spacial score (nSPS) is 11.7. The van der Waals surface area contributed by atoms with E-state index in [1.54, 1.807) is 0 Å². The predicted octanol–water partition coefficient (Wildman–Crippen LogP) is 8.14. The van der Waals surface area contributed by atoms with E-state index in [2.05, 4.69) is 0 Å². The van der Waals surface area contributed by atoms with E-state index in [0.717, 1.165) is 0 Å². The van der Waals surface area contributed by atoms with E-state index < -0.39 is 464 Å². The van der Waals surface area contributed by atoms with Crippen LogP contribution in [-0.4, -0.2) is 266 Å². The first-order valence-electron chi connectivity index (χ1n) is 36.2. The number of hydrogen-bond donors (Lipinski definition) is 52. The van der Waals surface area contributed by atoms with E-state index >= 15 is 0 Å². The summed E-state index contributed by atoms with van der Waals surface area (Å²) in [5.74, 6) is -88.8. The first-order chi connectivity index (χ1) is 63.3. The maximum atomic E-state index is 12.4. The molecule has 0 amide bonds. The molecule has 0 atom stereocenters. The molecule has 0 spiro atoms. The van der Waals surface area contributed by atoms with Crippen LogP contribution in [0.25, 0.3) is 165 Å². The average molecular weight is 1900 g/mol. The Morgan fingerprint density at radius 2 is 0.154 bits per heavy atom. The average Bonchev–Trinajstić information content (AvgIpc) is 1.07. The van der Waals surface area contributed by atoms with Crippen LogP contribution in [0.2, 0.25) is 0 Å². The molecule has 17 aromatic rings. The highest BCUT2D eigenvalue weighted by Gasteiger charge is 2.46. The molecule has 0 bridgehead atoms. The molecule has 54 heteroatoms. The number of rotatable bonds is 7. The molecule has 2 aromatic heterocycles. The highest BCUT2D eigenvalue weighted by molar-refractivity contribution is 6.35. The monoisotopic (exact) mass is 1900 g/mol. The lowest BCUT2D eigenvalue weighted by Crippen LogP contribution is -1.98. The molecule has 52 N–H and O–H groups in total. The Morgan fingerprint density at radius 3 is 0.331 bits per heavy atom. The summed E-state index contributed by atoms with van der Waals surface area (Å²) >= 11 is 0. The molecule has 0 fully saturated rings. The van der Waals surface area contributed by atoms with Gasteiger partial charge in [-0.15, -0.1) is 0 Å². The van der Waals surface area contributed by atoms with Crippen molar-refractivity contribution in [1.82, 2.24) is 0 Å². The molecule has 0 unspecified atom stereocenters. The number of fused-ring (bicyclic) bond motifs is 10. The summed E-state index contributed by atoms with van der Waals surface area (Å²) in [6.45, 7) is 0. The summed E-state index contributed by atoms with van der Waals surface area (Å²) in [4.78, 5) is 0. The molecule has 54 nitrogen and oxygen atoms in total. The van der Waals surface area contributed by atoms with E-state index in [1.807, 2.05) is 0 Å². The first kappa shape index (κ1) is 88.0. The SMILES string of the molecule is Oc1c(O)c(O)c(-c2c(O)c(-c3c(O)c(O)c(O)c(O)c3O)c(O)c(-c3c4c(O)c(O)c(O)c(O)c4c(-c4c(O)c(O)c5oc6c(O)c(O)c(O)c(O)c6c5c4O)c4c(O)c(O)c(O)c(O)c34)c2O)c(O)c1O.Oc1c(O)c(O)c(-c2c(O)c(O)c(-c3c4c(O)c(O)c(O)c(O)c4c(-c4c(O)c(O)c5oc6c(O)c(O)c(O)c(O)c6c5c4O)c4c(O)c(O)c(O)c(O)c34)c(O)c2O)c(O)c1O. The Hall–Kier alpha value is -21.5. The fourth-order valence-corrected chi connectivity index (χ4v) is 16.3. The third kappa shape index (κ3) is 10.4. The van der Waals surface area contributed by atoms with Gasteiger partial charge in [-0.3, -0.25) is 0 Å². The minimum absolute atomic E-state index is 0.953. The van der Waals surface area contributed by atoms with Gasteiger partial charge < -0.3 is 274 Å². The molecular weight excluding hydrogens is 1850 g/mol. The number of hydrogen-bond acceptors (Lipinski definition) is 54. The van der Waals surface area contributed by atoms with Crippen molar-refractivity contribution in [3.63, 3.8) is 0 Å². The summed E-state index contributed by atoms with van der Waals surface area (Å²) in [7, 11) is 0. The number of aromatic hydroxyl groups is 52.